The predicted molar refractivity (Wildman–Crippen MR) is 143 cm³/mol. The zero-order valence-corrected chi connectivity index (χ0v) is 22.5. The number of nitrogens with one attached hydrogen (secondary N) is 1. The Bertz CT molecular complexity index is 1170. The molecule has 0 atom stereocenters. The molecule has 0 saturated carbocycles. The lowest BCUT2D eigenvalue weighted by molar-refractivity contribution is 0.000164. The van der Waals surface area contributed by atoms with Crippen LogP contribution in [0.5, 0.6) is 5.75 Å². The van der Waals surface area contributed by atoms with Crippen LogP contribution in [0.1, 0.15) is 41.6 Å². The van der Waals surface area contributed by atoms with Gasteiger partial charge in [0.2, 0.25) is 0 Å². The quantitative estimate of drug-likeness (QED) is 0.221. The summed E-state index contributed by atoms with van der Waals surface area (Å²) in [6, 6.07) is 10.4. The van der Waals surface area contributed by atoms with Gasteiger partial charge >= 0.3 is 0 Å². The fourth-order valence-corrected chi connectivity index (χ4v) is 3.37. The van der Waals surface area contributed by atoms with Gasteiger partial charge in [-0.2, -0.15) is 0 Å². The molecule has 1 amide bonds. The first-order valence-electron chi connectivity index (χ1n) is 12.6. The average Bonchev–Trinajstić information content (AvgIpc) is 3.32. The largest absolute Gasteiger partial charge is 0.491 e. The number of rotatable bonds is 16. The minimum atomic E-state index is -0.521. The smallest absolute Gasteiger partial charge is 0.255 e. The van der Waals surface area contributed by atoms with Gasteiger partial charge in [0.05, 0.1) is 51.9 Å². The summed E-state index contributed by atoms with van der Waals surface area (Å²) in [7, 11) is 1.63. The van der Waals surface area contributed by atoms with Crippen LogP contribution >= 0.6 is 0 Å². The molecule has 0 fully saturated rings. The second kappa shape index (κ2) is 14.6. The number of carbonyl (C=O) groups is 2. The maximum absolute atomic E-state index is 12.7. The fraction of sp³-hybridized carbons (Fsp3) is 0.464. The van der Waals surface area contributed by atoms with Crippen LogP contribution in [0.4, 0.5) is 5.69 Å². The summed E-state index contributed by atoms with van der Waals surface area (Å²) in [5.74, 6) is 0.352. The molecule has 0 radical (unpaired) electrons. The third kappa shape index (κ3) is 9.21. The highest BCUT2D eigenvalue weighted by molar-refractivity contribution is 6.04. The van der Waals surface area contributed by atoms with Crippen molar-refractivity contribution in [1.82, 2.24) is 9.38 Å². The van der Waals surface area contributed by atoms with Crippen LogP contribution in [0.3, 0.4) is 0 Å². The molecule has 1 aromatic carbocycles. The van der Waals surface area contributed by atoms with Gasteiger partial charge < -0.3 is 33.4 Å². The van der Waals surface area contributed by atoms with E-state index in [0.717, 1.165) is 0 Å². The van der Waals surface area contributed by atoms with Crippen LogP contribution in [0.2, 0.25) is 0 Å². The Kier molecular flexibility index (Phi) is 11.2. The summed E-state index contributed by atoms with van der Waals surface area (Å²) >= 11 is 0. The number of hydrogen-bond acceptors (Lipinski definition) is 8. The Hall–Kier alpha value is -3.31. The van der Waals surface area contributed by atoms with Gasteiger partial charge in [-0.25, -0.2) is 4.98 Å². The van der Waals surface area contributed by atoms with Crippen molar-refractivity contribution in [2.24, 2.45) is 5.41 Å². The number of fused-ring (bicyclic) bond motifs is 1. The molecule has 0 aliphatic heterocycles. The Morgan fingerprint density at radius 1 is 0.816 bits per heavy atom. The highest BCUT2D eigenvalue weighted by Crippen LogP contribution is 2.21. The molecule has 10 nitrogen and oxygen atoms in total. The molecular formula is C28H37N3O7. The van der Waals surface area contributed by atoms with E-state index < -0.39 is 5.41 Å². The van der Waals surface area contributed by atoms with Crippen LogP contribution < -0.4 is 10.1 Å². The average molecular weight is 528 g/mol. The number of ether oxygens (including phenoxy) is 5. The molecule has 2 heterocycles. The SMILES string of the molecule is COCCOCCOCCOCCOc1ccc(C(=O)Nc2ccc3nc(C(=O)C(C)(C)C)cn3c2)cc1. The monoisotopic (exact) mass is 527 g/mol. The van der Waals surface area contributed by atoms with Gasteiger partial charge in [0.1, 0.15) is 23.7 Å². The molecular weight excluding hydrogens is 490 g/mol. The number of hydrogen-bond donors (Lipinski definition) is 1. The molecule has 10 heteroatoms. The van der Waals surface area contributed by atoms with Crippen molar-refractivity contribution in [2.45, 2.75) is 20.8 Å². The van der Waals surface area contributed by atoms with Crippen molar-refractivity contribution >= 4 is 23.0 Å². The number of benzene rings is 1. The maximum atomic E-state index is 12.7. The lowest BCUT2D eigenvalue weighted by atomic mass is 9.89. The minimum Gasteiger partial charge on any atom is -0.491 e. The Morgan fingerprint density at radius 2 is 1.42 bits per heavy atom. The highest BCUT2D eigenvalue weighted by atomic mass is 16.6. The van der Waals surface area contributed by atoms with Gasteiger partial charge in [-0.3, -0.25) is 9.59 Å². The van der Waals surface area contributed by atoms with Crippen molar-refractivity contribution in [3.8, 4) is 5.75 Å². The number of imidazole rings is 1. The van der Waals surface area contributed by atoms with E-state index in [-0.39, 0.29) is 11.7 Å². The lowest BCUT2D eigenvalue weighted by Crippen LogP contribution is -2.20. The summed E-state index contributed by atoms with van der Waals surface area (Å²) in [5.41, 5.74) is 1.60. The molecule has 3 rings (SSSR count). The molecule has 3 aromatic rings. The van der Waals surface area contributed by atoms with Crippen molar-refractivity contribution in [1.29, 1.82) is 0 Å². The molecule has 0 bridgehead atoms. The lowest BCUT2D eigenvalue weighted by Gasteiger charge is -2.13. The normalized spacial score (nSPS) is 11.6. The third-order valence-electron chi connectivity index (χ3n) is 5.41. The van der Waals surface area contributed by atoms with Crippen LogP contribution in [0.25, 0.3) is 5.65 Å². The summed E-state index contributed by atoms with van der Waals surface area (Å²) in [6.45, 7) is 9.52. The van der Waals surface area contributed by atoms with Crippen molar-refractivity contribution < 1.29 is 33.3 Å². The molecule has 206 valence electrons. The van der Waals surface area contributed by atoms with Crippen molar-refractivity contribution in [2.75, 3.05) is 65.3 Å². The van der Waals surface area contributed by atoms with Gasteiger partial charge in [0.25, 0.3) is 5.91 Å². The number of aromatic nitrogens is 2. The van der Waals surface area contributed by atoms with Gasteiger partial charge in [-0.1, -0.05) is 20.8 Å². The fourth-order valence-electron chi connectivity index (χ4n) is 3.37. The van der Waals surface area contributed by atoms with Crippen LogP contribution in [0, 0.1) is 5.41 Å². The highest BCUT2D eigenvalue weighted by Gasteiger charge is 2.25. The number of methoxy groups -OCH3 is 1. The molecule has 0 saturated heterocycles. The van der Waals surface area contributed by atoms with E-state index in [0.29, 0.717) is 81.2 Å². The number of Topliss-reactive ketones (excluding diaryl/α,β-unsaturated/α-hetero) is 1. The van der Waals surface area contributed by atoms with Gasteiger partial charge in [0.15, 0.2) is 5.78 Å². The number of anilines is 1. The summed E-state index contributed by atoms with van der Waals surface area (Å²) in [4.78, 5) is 29.6. The van der Waals surface area contributed by atoms with Crippen LogP contribution in [-0.4, -0.2) is 81.0 Å². The molecule has 0 aliphatic carbocycles. The zero-order valence-electron chi connectivity index (χ0n) is 22.5. The number of pyridine rings is 1. The molecule has 38 heavy (non-hydrogen) atoms. The predicted octanol–water partition coefficient (Wildman–Crippen LogP) is 3.89. The second-order valence-corrected chi connectivity index (χ2v) is 9.55. The van der Waals surface area contributed by atoms with E-state index in [2.05, 4.69) is 10.3 Å². The van der Waals surface area contributed by atoms with Crippen molar-refractivity contribution in [3.05, 3.63) is 60.0 Å². The summed E-state index contributed by atoms with van der Waals surface area (Å²) < 4.78 is 28.5. The first-order chi connectivity index (χ1) is 18.3. The molecule has 2 aromatic heterocycles. The van der Waals surface area contributed by atoms with E-state index >= 15 is 0 Å². The zero-order chi connectivity index (χ0) is 27.4. The number of ketones is 1. The summed E-state index contributed by atoms with van der Waals surface area (Å²) in [6.07, 6.45) is 3.42. The number of nitrogens with zero attached hydrogens (tertiary/aromatic N) is 2. The second-order valence-electron chi connectivity index (χ2n) is 9.55. The first kappa shape index (κ1) is 29.2. The minimum absolute atomic E-state index is 0.0368. The van der Waals surface area contributed by atoms with Gasteiger partial charge in [0, 0.05) is 30.5 Å². The van der Waals surface area contributed by atoms with E-state index in [1.165, 1.54) is 0 Å². The first-order valence-corrected chi connectivity index (χ1v) is 12.6. The third-order valence-corrected chi connectivity index (χ3v) is 5.41. The molecule has 0 aliphatic rings. The number of carbonyl (C=O) groups excluding carboxylic acids is 2. The van der Waals surface area contributed by atoms with E-state index in [1.54, 1.807) is 60.3 Å². The Morgan fingerprint density at radius 3 is 2.03 bits per heavy atom. The number of amides is 1. The maximum Gasteiger partial charge on any atom is 0.255 e. The van der Waals surface area contributed by atoms with E-state index in [9.17, 15) is 9.59 Å². The van der Waals surface area contributed by atoms with E-state index in [4.69, 9.17) is 23.7 Å². The standard InChI is InChI=1S/C28H37N3O7/c1-28(2,3)26(32)24-20-31-19-22(7-10-25(31)30-24)29-27(33)21-5-8-23(9-6-21)38-18-17-37-16-15-36-14-13-35-12-11-34-4/h5-10,19-20H,11-18H2,1-4H3,(H,29,33). The van der Waals surface area contributed by atoms with Crippen LogP contribution in [0.15, 0.2) is 48.8 Å². The van der Waals surface area contributed by atoms with E-state index in [1.807, 2.05) is 20.8 Å². The topological polar surface area (TPSA) is 110 Å². The Balaban J connectivity index is 1.37. The Labute approximate surface area is 223 Å². The van der Waals surface area contributed by atoms with Gasteiger partial charge in [-0.15, -0.1) is 0 Å². The molecule has 1 N–H and O–H groups in total. The molecule has 0 spiro atoms. The van der Waals surface area contributed by atoms with Gasteiger partial charge in [-0.05, 0) is 36.4 Å². The molecule has 0 unspecified atom stereocenters. The summed E-state index contributed by atoms with van der Waals surface area (Å²) in [5, 5.41) is 2.87. The van der Waals surface area contributed by atoms with Crippen LogP contribution in [-0.2, 0) is 18.9 Å². The van der Waals surface area contributed by atoms with Crippen molar-refractivity contribution in [3.63, 3.8) is 0 Å².